The van der Waals surface area contributed by atoms with Crippen LogP contribution in [0.15, 0.2) is 22.9 Å². The Labute approximate surface area is 114 Å². The molecule has 0 aromatic carbocycles. The summed E-state index contributed by atoms with van der Waals surface area (Å²) in [6, 6.07) is 3.69. The van der Waals surface area contributed by atoms with Gasteiger partial charge in [-0.2, -0.15) is 0 Å². The first-order valence-corrected chi connectivity index (χ1v) is 6.42. The Morgan fingerprint density at radius 1 is 1.50 bits per heavy atom. The fourth-order valence-corrected chi connectivity index (χ4v) is 1.99. The number of rotatable bonds is 6. The van der Waals surface area contributed by atoms with E-state index in [1.807, 2.05) is 6.07 Å². The van der Waals surface area contributed by atoms with Gasteiger partial charge in [0.15, 0.2) is 0 Å². The Balaban J connectivity index is 2.54. The quantitative estimate of drug-likeness (QED) is 0.811. The highest BCUT2D eigenvalue weighted by Gasteiger charge is 2.15. The summed E-state index contributed by atoms with van der Waals surface area (Å²) >= 11 is 3.31. The molecule has 0 spiro atoms. The first-order chi connectivity index (χ1) is 8.54. The molecular formula is C12H15BrN2O3. The second kappa shape index (κ2) is 7.10. The molecule has 0 atom stereocenters. The van der Waals surface area contributed by atoms with E-state index in [1.54, 1.807) is 19.2 Å². The highest BCUT2D eigenvalue weighted by molar-refractivity contribution is 9.10. The number of carboxylic acids is 1. The molecule has 1 amide bonds. The van der Waals surface area contributed by atoms with Crippen molar-refractivity contribution in [2.24, 2.45) is 0 Å². The third kappa shape index (κ3) is 4.44. The van der Waals surface area contributed by atoms with E-state index in [0.717, 1.165) is 10.2 Å². The maximum Gasteiger partial charge on any atom is 0.323 e. The maximum atomic E-state index is 11.8. The number of hydrogen-bond donors (Lipinski definition) is 1. The molecule has 1 heterocycles. The van der Waals surface area contributed by atoms with Crippen LogP contribution in [0.5, 0.6) is 0 Å². The number of carbonyl (C=O) groups excluding carboxylic acids is 1. The summed E-state index contributed by atoms with van der Waals surface area (Å²) in [7, 11) is 0. The lowest BCUT2D eigenvalue weighted by Gasteiger charge is -2.18. The number of halogens is 1. The summed E-state index contributed by atoms with van der Waals surface area (Å²) in [4.78, 5) is 27.8. The largest absolute Gasteiger partial charge is 0.480 e. The van der Waals surface area contributed by atoms with Crippen LogP contribution < -0.4 is 0 Å². The van der Waals surface area contributed by atoms with E-state index in [-0.39, 0.29) is 18.9 Å². The summed E-state index contributed by atoms with van der Waals surface area (Å²) in [5, 5.41) is 8.68. The molecule has 0 unspecified atom stereocenters. The van der Waals surface area contributed by atoms with Gasteiger partial charge in [-0.15, -0.1) is 0 Å². The zero-order chi connectivity index (χ0) is 13.5. The number of nitrogens with zero attached hydrogens (tertiary/aromatic N) is 2. The van der Waals surface area contributed by atoms with Crippen molar-refractivity contribution in [3.63, 3.8) is 0 Å². The van der Waals surface area contributed by atoms with E-state index in [2.05, 4.69) is 20.9 Å². The van der Waals surface area contributed by atoms with Crippen LogP contribution in [0.25, 0.3) is 0 Å². The van der Waals surface area contributed by atoms with Gasteiger partial charge >= 0.3 is 5.97 Å². The molecule has 0 bridgehead atoms. The second-order valence-corrected chi connectivity index (χ2v) is 4.51. The molecule has 18 heavy (non-hydrogen) atoms. The topological polar surface area (TPSA) is 70.5 Å². The minimum absolute atomic E-state index is 0.157. The average molecular weight is 315 g/mol. The zero-order valence-corrected chi connectivity index (χ0v) is 11.7. The fourth-order valence-electron chi connectivity index (χ4n) is 1.55. The normalized spacial score (nSPS) is 10.1. The van der Waals surface area contributed by atoms with Gasteiger partial charge in [-0.3, -0.25) is 9.59 Å². The first kappa shape index (κ1) is 14.6. The molecule has 1 N–H and O–H groups in total. The number of aryl methyl sites for hydroxylation is 1. The SMILES string of the molecule is CCN(CC(=O)O)C(=O)CCc1cccnc1Br. The lowest BCUT2D eigenvalue weighted by Crippen LogP contribution is -2.35. The van der Waals surface area contributed by atoms with E-state index >= 15 is 0 Å². The maximum absolute atomic E-state index is 11.8. The van der Waals surface area contributed by atoms with Crippen molar-refractivity contribution >= 4 is 27.8 Å². The van der Waals surface area contributed by atoms with E-state index in [4.69, 9.17) is 5.11 Å². The van der Waals surface area contributed by atoms with Crippen molar-refractivity contribution < 1.29 is 14.7 Å². The molecule has 0 radical (unpaired) electrons. The molecule has 1 aromatic rings. The summed E-state index contributed by atoms with van der Waals surface area (Å²) in [5.74, 6) is -1.15. The van der Waals surface area contributed by atoms with Gasteiger partial charge in [-0.1, -0.05) is 6.07 Å². The number of aromatic nitrogens is 1. The first-order valence-electron chi connectivity index (χ1n) is 5.63. The third-order valence-electron chi connectivity index (χ3n) is 2.51. The summed E-state index contributed by atoms with van der Waals surface area (Å²) in [6.45, 7) is 1.92. The fraction of sp³-hybridized carbons (Fsp3) is 0.417. The van der Waals surface area contributed by atoms with Crippen LogP contribution in [0.4, 0.5) is 0 Å². The van der Waals surface area contributed by atoms with Crippen LogP contribution in [0.1, 0.15) is 18.9 Å². The van der Waals surface area contributed by atoms with Gasteiger partial charge in [0.2, 0.25) is 5.91 Å². The van der Waals surface area contributed by atoms with E-state index in [1.165, 1.54) is 4.90 Å². The molecule has 0 fully saturated rings. The summed E-state index contributed by atoms with van der Waals surface area (Å²) in [5.41, 5.74) is 0.942. The number of pyridine rings is 1. The van der Waals surface area contributed by atoms with Crippen LogP contribution >= 0.6 is 15.9 Å². The number of carbonyl (C=O) groups is 2. The Hall–Kier alpha value is -1.43. The van der Waals surface area contributed by atoms with Crippen LogP contribution in [0, 0.1) is 0 Å². The van der Waals surface area contributed by atoms with E-state index < -0.39 is 5.97 Å². The summed E-state index contributed by atoms with van der Waals surface area (Å²) < 4.78 is 0.721. The van der Waals surface area contributed by atoms with E-state index in [0.29, 0.717) is 13.0 Å². The summed E-state index contributed by atoms with van der Waals surface area (Å²) in [6.07, 6.45) is 2.49. The number of likely N-dealkylation sites (N-methyl/N-ethyl adjacent to an activating group) is 1. The molecule has 0 saturated carbocycles. The average Bonchev–Trinajstić information content (AvgIpc) is 2.34. The predicted molar refractivity (Wildman–Crippen MR) is 70.1 cm³/mol. The lowest BCUT2D eigenvalue weighted by molar-refractivity contribution is -0.144. The molecule has 0 aliphatic carbocycles. The van der Waals surface area contributed by atoms with Gasteiger partial charge in [0.25, 0.3) is 0 Å². The molecule has 1 rings (SSSR count). The van der Waals surface area contributed by atoms with E-state index in [9.17, 15) is 9.59 Å². The van der Waals surface area contributed by atoms with Gasteiger partial charge in [-0.05, 0) is 40.9 Å². The van der Waals surface area contributed by atoms with Crippen molar-refractivity contribution in [1.29, 1.82) is 0 Å². The van der Waals surface area contributed by atoms with Gasteiger partial charge in [0.05, 0.1) is 0 Å². The van der Waals surface area contributed by atoms with Gasteiger partial charge < -0.3 is 10.0 Å². The lowest BCUT2D eigenvalue weighted by atomic mass is 10.1. The van der Waals surface area contributed by atoms with Crippen molar-refractivity contribution in [3.05, 3.63) is 28.5 Å². The minimum Gasteiger partial charge on any atom is -0.480 e. The van der Waals surface area contributed by atoms with Gasteiger partial charge in [0.1, 0.15) is 11.1 Å². The monoisotopic (exact) mass is 314 g/mol. The third-order valence-corrected chi connectivity index (χ3v) is 3.22. The molecule has 98 valence electrons. The highest BCUT2D eigenvalue weighted by atomic mass is 79.9. The minimum atomic E-state index is -0.993. The molecule has 5 nitrogen and oxygen atoms in total. The van der Waals surface area contributed by atoms with Gasteiger partial charge in [0, 0.05) is 19.2 Å². The number of amides is 1. The molecule has 6 heteroatoms. The zero-order valence-electron chi connectivity index (χ0n) is 10.1. The molecule has 1 aromatic heterocycles. The Morgan fingerprint density at radius 3 is 2.78 bits per heavy atom. The van der Waals surface area contributed by atoms with Crippen LogP contribution in [-0.2, 0) is 16.0 Å². The Bertz CT molecular complexity index is 437. The molecule has 0 saturated heterocycles. The standard InChI is InChI=1S/C12H15BrN2O3/c1-2-15(8-11(17)18)10(16)6-5-9-4-3-7-14-12(9)13/h3-4,7H,2,5-6,8H2,1H3,(H,17,18). The molecule has 0 aliphatic heterocycles. The van der Waals surface area contributed by atoms with Gasteiger partial charge in [-0.25, -0.2) is 4.98 Å². The Morgan fingerprint density at radius 2 is 2.22 bits per heavy atom. The van der Waals surface area contributed by atoms with Crippen molar-refractivity contribution in [2.45, 2.75) is 19.8 Å². The van der Waals surface area contributed by atoms with Crippen molar-refractivity contribution in [3.8, 4) is 0 Å². The molecule has 0 aliphatic rings. The second-order valence-electron chi connectivity index (χ2n) is 3.75. The van der Waals surface area contributed by atoms with Crippen LogP contribution in [0.3, 0.4) is 0 Å². The number of carboxylic acid groups (broad SMARTS) is 1. The van der Waals surface area contributed by atoms with Crippen LogP contribution in [-0.4, -0.2) is 40.0 Å². The number of hydrogen-bond acceptors (Lipinski definition) is 3. The highest BCUT2D eigenvalue weighted by Crippen LogP contribution is 2.14. The number of aliphatic carboxylic acids is 1. The molecular weight excluding hydrogens is 300 g/mol. The Kier molecular flexibility index (Phi) is 5.77. The van der Waals surface area contributed by atoms with Crippen LogP contribution in [0.2, 0.25) is 0 Å². The smallest absolute Gasteiger partial charge is 0.323 e. The van der Waals surface area contributed by atoms with Crippen molar-refractivity contribution in [2.75, 3.05) is 13.1 Å². The van der Waals surface area contributed by atoms with Crippen molar-refractivity contribution in [1.82, 2.24) is 9.88 Å². The predicted octanol–water partition coefficient (Wildman–Crippen LogP) is 1.71.